The van der Waals surface area contributed by atoms with Gasteiger partial charge in [-0.15, -0.1) is 0 Å². The van der Waals surface area contributed by atoms with E-state index in [1.54, 1.807) is 24.1 Å². The number of hydrogen-bond acceptors (Lipinski definition) is 4. The Kier molecular flexibility index (Phi) is 6.46. The Hall–Kier alpha value is -3.32. The largest absolute Gasteiger partial charge is 0.495 e. The van der Waals surface area contributed by atoms with Crippen molar-refractivity contribution in [2.75, 3.05) is 25.6 Å². The number of fused-ring (bicyclic) bond motifs is 1. The number of anilines is 1. The van der Waals surface area contributed by atoms with Gasteiger partial charge in [0, 0.05) is 18.7 Å². The zero-order valence-corrected chi connectivity index (χ0v) is 18.7. The molecule has 7 nitrogen and oxygen atoms in total. The molecule has 2 heterocycles. The Bertz CT molecular complexity index is 1180. The topological polar surface area (TPSA) is 83.7 Å². The first-order valence-corrected chi connectivity index (χ1v) is 10.9. The third-order valence-corrected chi connectivity index (χ3v) is 6.07. The van der Waals surface area contributed by atoms with Gasteiger partial charge in [0.15, 0.2) is 0 Å². The summed E-state index contributed by atoms with van der Waals surface area (Å²) in [5.74, 6) is 0.576. The molecule has 1 aliphatic rings. The maximum Gasteiger partial charge on any atom is 0.322 e. The van der Waals surface area contributed by atoms with Crippen molar-refractivity contribution in [2.24, 2.45) is 0 Å². The standard InChI is InChI=1S/C25H29N3O4/c1-16-10-11-18-13-19(24(29)27-23(18)17(16)2)14-28(15-20-7-6-12-32-20)25(30)26-21-8-4-5-9-22(21)31-3/h4-5,8-11,13,20H,6-7,12,14-15H2,1-3H3,(H,26,30)(H,27,29). The lowest BCUT2D eigenvalue weighted by atomic mass is 10.0. The second-order valence-corrected chi connectivity index (χ2v) is 8.24. The van der Waals surface area contributed by atoms with Crippen molar-refractivity contribution in [3.8, 4) is 5.75 Å². The summed E-state index contributed by atoms with van der Waals surface area (Å²) in [6.45, 7) is 5.30. The van der Waals surface area contributed by atoms with Crippen molar-refractivity contribution in [1.82, 2.24) is 9.88 Å². The maximum absolute atomic E-state index is 13.2. The Balaban J connectivity index is 1.63. The quantitative estimate of drug-likeness (QED) is 0.602. The summed E-state index contributed by atoms with van der Waals surface area (Å²) in [6, 6.07) is 12.9. The molecule has 7 heteroatoms. The van der Waals surface area contributed by atoms with Crippen LogP contribution in [0.2, 0.25) is 0 Å². The highest BCUT2D eigenvalue weighted by molar-refractivity contribution is 5.91. The smallest absolute Gasteiger partial charge is 0.322 e. The molecule has 0 spiro atoms. The molecule has 168 valence electrons. The minimum atomic E-state index is -0.301. The van der Waals surface area contributed by atoms with E-state index >= 15 is 0 Å². The van der Waals surface area contributed by atoms with Crippen LogP contribution in [0.1, 0.15) is 29.5 Å². The van der Waals surface area contributed by atoms with Gasteiger partial charge in [-0.25, -0.2) is 4.79 Å². The molecule has 1 aromatic heterocycles. The van der Waals surface area contributed by atoms with Gasteiger partial charge in [0.05, 0.1) is 31.0 Å². The second kappa shape index (κ2) is 9.44. The van der Waals surface area contributed by atoms with Crippen molar-refractivity contribution < 1.29 is 14.3 Å². The summed E-state index contributed by atoms with van der Waals surface area (Å²) in [7, 11) is 1.56. The number of nitrogens with one attached hydrogen (secondary N) is 2. The number of H-pyrrole nitrogens is 1. The first-order valence-electron chi connectivity index (χ1n) is 10.9. The minimum Gasteiger partial charge on any atom is -0.495 e. The van der Waals surface area contributed by atoms with Crippen LogP contribution in [0.15, 0.2) is 47.3 Å². The van der Waals surface area contributed by atoms with Crippen molar-refractivity contribution in [3.63, 3.8) is 0 Å². The number of amides is 2. The van der Waals surface area contributed by atoms with E-state index in [1.165, 1.54) is 0 Å². The molecule has 1 aliphatic heterocycles. The zero-order valence-electron chi connectivity index (χ0n) is 18.7. The van der Waals surface area contributed by atoms with Crippen molar-refractivity contribution in [2.45, 2.75) is 39.3 Å². The third kappa shape index (κ3) is 4.62. The molecule has 0 aliphatic carbocycles. The van der Waals surface area contributed by atoms with Crippen molar-refractivity contribution >= 4 is 22.6 Å². The molecule has 4 rings (SSSR count). The maximum atomic E-state index is 13.2. The molecule has 32 heavy (non-hydrogen) atoms. The fourth-order valence-electron chi connectivity index (χ4n) is 4.09. The number of rotatable bonds is 6. The number of urea groups is 1. The van der Waals surface area contributed by atoms with E-state index in [0.717, 1.165) is 34.9 Å². The number of carbonyl (C=O) groups is 1. The van der Waals surface area contributed by atoms with Crippen LogP contribution in [0.3, 0.4) is 0 Å². The Labute approximate surface area is 187 Å². The Morgan fingerprint density at radius 2 is 2.06 bits per heavy atom. The SMILES string of the molecule is COc1ccccc1NC(=O)N(Cc1cc2ccc(C)c(C)c2[nH]c1=O)CC1CCCO1. The van der Waals surface area contributed by atoms with Crippen LogP contribution < -0.4 is 15.6 Å². The summed E-state index contributed by atoms with van der Waals surface area (Å²) >= 11 is 0. The Morgan fingerprint density at radius 1 is 1.25 bits per heavy atom. The number of benzene rings is 2. The number of ether oxygens (including phenoxy) is 2. The lowest BCUT2D eigenvalue weighted by Crippen LogP contribution is -2.40. The molecule has 3 aromatic rings. The van der Waals surface area contributed by atoms with E-state index in [4.69, 9.17) is 9.47 Å². The lowest BCUT2D eigenvalue weighted by Gasteiger charge is -2.26. The number of aromatic nitrogens is 1. The number of methoxy groups -OCH3 is 1. The summed E-state index contributed by atoms with van der Waals surface area (Å²) in [6.07, 6.45) is 1.83. The molecule has 0 bridgehead atoms. The highest BCUT2D eigenvalue weighted by Crippen LogP contribution is 2.25. The average Bonchev–Trinajstić information content (AvgIpc) is 3.30. The molecule has 2 N–H and O–H groups in total. The van der Waals surface area contributed by atoms with Crippen molar-refractivity contribution in [3.05, 3.63) is 69.5 Å². The average molecular weight is 436 g/mol. The van der Waals surface area contributed by atoms with Gasteiger partial charge in [-0.1, -0.05) is 24.3 Å². The lowest BCUT2D eigenvalue weighted by molar-refractivity contribution is 0.0818. The van der Waals surface area contributed by atoms with Gasteiger partial charge >= 0.3 is 6.03 Å². The van der Waals surface area contributed by atoms with Gasteiger partial charge in [-0.3, -0.25) is 4.79 Å². The highest BCUT2D eigenvalue weighted by atomic mass is 16.5. The fourth-order valence-corrected chi connectivity index (χ4v) is 4.09. The molecule has 1 atom stereocenters. The van der Waals surface area contributed by atoms with Gasteiger partial charge in [0.1, 0.15) is 5.75 Å². The van der Waals surface area contributed by atoms with Crippen LogP contribution in [0, 0.1) is 13.8 Å². The van der Waals surface area contributed by atoms with Crippen LogP contribution in [0.4, 0.5) is 10.5 Å². The van der Waals surface area contributed by atoms with Crippen LogP contribution >= 0.6 is 0 Å². The number of aromatic amines is 1. The number of hydrogen-bond donors (Lipinski definition) is 2. The molecule has 1 fully saturated rings. The second-order valence-electron chi connectivity index (χ2n) is 8.24. The number of nitrogens with zero attached hydrogens (tertiary/aromatic N) is 1. The molecular formula is C25H29N3O4. The molecule has 1 unspecified atom stereocenters. The summed E-state index contributed by atoms with van der Waals surface area (Å²) in [4.78, 5) is 30.8. The summed E-state index contributed by atoms with van der Waals surface area (Å²) in [5.41, 5.74) is 3.94. The van der Waals surface area contributed by atoms with E-state index in [-0.39, 0.29) is 24.2 Å². The van der Waals surface area contributed by atoms with Gasteiger partial charge in [0.2, 0.25) is 0 Å². The zero-order chi connectivity index (χ0) is 22.7. The first kappa shape index (κ1) is 21.9. The normalized spacial score (nSPS) is 15.7. The summed E-state index contributed by atoms with van der Waals surface area (Å²) in [5, 5.41) is 3.87. The summed E-state index contributed by atoms with van der Waals surface area (Å²) < 4.78 is 11.1. The Morgan fingerprint density at radius 3 is 2.81 bits per heavy atom. The van der Waals surface area contributed by atoms with Crippen molar-refractivity contribution in [1.29, 1.82) is 0 Å². The van der Waals surface area contributed by atoms with E-state index in [1.807, 2.05) is 44.2 Å². The van der Waals surface area contributed by atoms with Gasteiger partial charge in [-0.05, 0) is 61.4 Å². The minimum absolute atomic E-state index is 0.0390. The number of aryl methyl sites for hydroxylation is 2. The van der Waals surface area contributed by atoms with E-state index < -0.39 is 0 Å². The van der Waals surface area contributed by atoms with E-state index in [9.17, 15) is 9.59 Å². The van der Waals surface area contributed by atoms with Crippen LogP contribution in [0.5, 0.6) is 5.75 Å². The number of carbonyl (C=O) groups excluding carboxylic acids is 1. The van der Waals surface area contributed by atoms with Gasteiger partial charge in [0.25, 0.3) is 5.56 Å². The van der Waals surface area contributed by atoms with E-state index in [0.29, 0.717) is 30.2 Å². The molecule has 0 saturated carbocycles. The van der Waals surface area contributed by atoms with Gasteiger partial charge < -0.3 is 24.7 Å². The molecule has 2 aromatic carbocycles. The highest BCUT2D eigenvalue weighted by Gasteiger charge is 2.24. The predicted molar refractivity (Wildman–Crippen MR) is 125 cm³/mol. The number of pyridine rings is 1. The molecule has 2 amide bonds. The van der Waals surface area contributed by atoms with Crippen LogP contribution in [-0.2, 0) is 11.3 Å². The van der Waals surface area contributed by atoms with Gasteiger partial charge in [-0.2, -0.15) is 0 Å². The van der Waals surface area contributed by atoms with Crippen LogP contribution in [-0.4, -0.2) is 42.3 Å². The molecule has 1 saturated heterocycles. The first-order chi connectivity index (χ1) is 15.5. The monoisotopic (exact) mass is 435 g/mol. The van der Waals surface area contributed by atoms with Crippen LogP contribution in [0.25, 0.3) is 10.9 Å². The van der Waals surface area contributed by atoms with E-state index in [2.05, 4.69) is 10.3 Å². The molecular weight excluding hydrogens is 406 g/mol. The third-order valence-electron chi connectivity index (χ3n) is 6.07. The predicted octanol–water partition coefficient (Wildman–Crippen LogP) is 4.37. The molecule has 0 radical (unpaired) electrons. The fraction of sp³-hybridized carbons (Fsp3) is 0.360. The number of para-hydroxylation sites is 2.